The van der Waals surface area contributed by atoms with Crippen molar-refractivity contribution in [2.24, 2.45) is 0 Å². The lowest BCUT2D eigenvalue weighted by atomic mass is 10.2. The van der Waals surface area contributed by atoms with Crippen LogP contribution >= 0.6 is 11.6 Å². The van der Waals surface area contributed by atoms with Crippen LogP contribution in [-0.2, 0) is 0 Å². The van der Waals surface area contributed by atoms with Gasteiger partial charge in [0.25, 0.3) is 0 Å². The van der Waals surface area contributed by atoms with Gasteiger partial charge in [0.1, 0.15) is 11.4 Å². The van der Waals surface area contributed by atoms with Crippen molar-refractivity contribution in [1.29, 1.82) is 10.7 Å². The number of ether oxygens (including phenoxy) is 1. The summed E-state index contributed by atoms with van der Waals surface area (Å²) in [6, 6.07) is 12.7. The molecule has 0 spiro atoms. The molecule has 0 aliphatic carbocycles. The molecule has 2 aromatic rings. The lowest BCUT2D eigenvalue weighted by Gasteiger charge is -2.15. The molecule has 0 fully saturated rings. The fourth-order valence-electron chi connectivity index (χ4n) is 2.30. The Labute approximate surface area is 153 Å². The van der Waals surface area contributed by atoms with Gasteiger partial charge in [-0.15, -0.1) is 0 Å². The SMILES string of the molecule is N#CN(CCCCCCOc1ccc(Cl)cc1)C(=N)c1ccccn1. The van der Waals surface area contributed by atoms with Gasteiger partial charge in [0.05, 0.1) is 6.61 Å². The van der Waals surface area contributed by atoms with E-state index in [-0.39, 0.29) is 5.84 Å². The molecule has 0 saturated carbocycles. The Balaban J connectivity index is 1.61. The average molecular weight is 357 g/mol. The molecule has 0 atom stereocenters. The van der Waals surface area contributed by atoms with Crippen LogP contribution in [0.1, 0.15) is 31.4 Å². The minimum Gasteiger partial charge on any atom is -0.494 e. The molecule has 0 radical (unpaired) electrons. The topological polar surface area (TPSA) is 73.0 Å². The van der Waals surface area contributed by atoms with Crippen LogP contribution in [0.25, 0.3) is 0 Å². The Kier molecular flexibility index (Phi) is 7.74. The smallest absolute Gasteiger partial charge is 0.185 e. The summed E-state index contributed by atoms with van der Waals surface area (Å²) in [5, 5.41) is 18.0. The van der Waals surface area contributed by atoms with Gasteiger partial charge < -0.3 is 4.74 Å². The molecule has 5 nitrogen and oxygen atoms in total. The lowest BCUT2D eigenvalue weighted by Crippen LogP contribution is -2.28. The second-order valence-electron chi connectivity index (χ2n) is 5.53. The number of hydrogen-bond acceptors (Lipinski definition) is 4. The fraction of sp³-hybridized carbons (Fsp3) is 0.316. The second-order valence-corrected chi connectivity index (χ2v) is 5.97. The summed E-state index contributed by atoms with van der Waals surface area (Å²) < 4.78 is 5.64. The highest BCUT2D eigenvalue weighted by Gasteiger charge is 2.11. The summed E-state index contributed by atoms with van der Waals surface area (Å²) in [5.74, 6) is 0.970. The highest BCUT2D eigenvalue weighted by atomic mass is 35.5. The first-order valence-corrected chi connectivity index (χ1v) is 8.64. The summed E-state index contributed by atoms with van der Waals surface area (Å²) >= 11 is 5.83. The number of unbranched alkanes of at least 4 members (excludes halogenated alkanes) is 3. The number of rotatable bonds is 9. The van der Waals surface area contributed by atoms with Gasteiger partial charge in [-0.25, -0.2) is 0 Å². The maximum absolute atomic E-state index is 9.22. The Morgan fingerprint density at radius 1 is 1.12 bits per heavy atom. The second kappa shape index (κ2) is 10.3. The van der Waals surface area contributed by atoms with Crippen molar-refractivity contribution in [1.82, 2.24) is 9.88 Å². The standard InChI is InChI=1S/C19H21ClN4O/c20-16-8-10-17(11-9-16)25-14-6-2-1-5-13-24(15-21)19(22)18-7-3-4-12-23-18/h3-4,7-12,22H,1-2,5-6,13-14H2. The summed E-state index contributed by atoms with van der Waals surface area (Å²) in [5.41, 5.74) is 0.514. The zero-order valence-electron chi connectivity index (χ0n) is 14.0. The van der Waals surface area contributed by atoms with E-state index in [1.54, 1.807) is 18.3 Å². The Hall–Kier alpha value is -2.58. The molecule has 0 unspecified atom stereocenters. The fourth-order valence-corrected chi connectivity index (χ4v) is 2.43. The van der Waals surface area contributed by atoms with Crippen molar-refractivity contribution < 1.29 is 4.74 Å². The van der Waals surface area contributed by atoms with E-state index in [1.807, 2.05) is 30.3 Å². The summed E-state index contributed by atoms with van der Waals surface area (Å²) in [4.78, 5) is 5.49. The maximum atomic E-state index is 9.22. The van der Waals surface area contributed by atoms with Gasteiger partial charge in [-0.3, -0.25) is 15.3 Å². The first-order valence-electron chi connectivity index (χ1n) is 8.26. The molecule has 0 amide bonds. The van der Waals surface area contributed by atoms with Gasteiger partial charge in [0.2, 0.25) is 0 Å². The number of hydrogen-bond donors (Lipinski definition) is 1. The van der Waals surface area contributed by atoms with Crippen LogP contribution in [0, 0.1) is 16.9 Å². The number of nitrogens with zero attached hydrogens (tertiary/aromatic N) is 3. The quantitative estimate of drug-likeness (QED) is 0.236. The molecular formula is C19H21ClN4O. The van der Waals surface area contributed by atoms with E-state index >= 15 is 0 Å². The predicted octanol–water partition coefficient (Wildman–Crippen LogP) is 4.48. The number of pyridine rings is 1. The molecule has 1 aromatic carbocycles. The van der Waals surface area contributed by atoms with Crippen LogP contribution in [0.5, 0.6) is 5.75 Å². The Morgan fingerprint density at radius 2 is 1.88 bits per heavy atom. The highest BCUT2D eigenvalue weighted by molar-refractivity contribution is 6.30. The van der Waals surface area contributed by atoms with E-state index in [4.69, 9.17) is 21.7 Å². The van der Waals surface area contributed by atoms with E-state index in [1.165, 1.54) is 4.90 Å². The monoisotopic (exact) mass is 356 g/mol. The van der Waals surface area contributed by atoms with Crippen LogP contribution in [-0.4, -0.2) is 28.9 Å². The van der Waals surface area contributed by atoms with Gasteiger partial charge >= 0.3 is 0 Å². The third kappa shape index (κ3) is 6.44. The van der Waals surface area contributed by atoms with Gasteiger partial charge in [-0.2, -0.15) is 5.26 Å². The third-order valence-corrected chi connectivity index (χ3v) is 3.91. The number of nitriles is 1. The number of aromatic nitrogens is 1. The minimum absolute atomic E-state index is 0.147. The number of benzene rings is 1. The molecular weight excluding hydrogens is 336 g/mol. The molecule has 0 aliphatic rings. The van der Waals surface area contributed by atoms with Crippen molar-refractivity contribution in [3.05, 3.63) is 59.4 Å². The molecule has 6 heteroatoms. The normalized spacial score (nSPS) is 10.1. The van der Waals surface area contributed by atoms with Crippen molar-refractivity contribution in [2.45, 2.75) is 25.7 Å². The van der Waals surface area contributed by atoms with Crippen molar-refractivity contribution >= 4 is 17.4 Å². The maximum Gasteiger partial charge on any atom is 0.185 e. The van der Waals surface area contributed by atoms with Crippen molar-refractivity contribution in [2.75, 3.05) is 13.2 Å². The molecule has 1 aromatic heterocycles. The van der Waals surface area contributed by atoms with E-state index in [2.05, 4.69) is 11.2 Å². The molecule has 0 aliphatic heterocycles. The van der Waals surface area contributed by atoms with Crippen LogP contribution in [0.15, 0.2) is 48.7 Å². The number of amidine groups is 1. The van der Waals surface area contributed by atoms with Crippen LogP contribution in [0.3, 0.4) is 0 Å². The number of nitrogens with one attached hydrogen (secondary N) is 1. The van der Waals surface area contributed by atoms with Gasteiger partial charge in [0.15, 0.2) is 12.0 Å². The van der Waals surface area contributed by atoms with E-state index < -0.39 is 0 Å². The number of halogens is 1. The van der Waals surface area contributed by atoms with E-state index in [9.17, 15) is 5.26 Å². The summed E-state index contributed by atoms with van der Waals surface area (Å²) in [6.45, 7) is 1.19. The average Bonchev–Trinajstić information content (AvgIpc) is 2.66. The Morgan fingerprint density at radius 3 is 2.56 bits per heavy atom. The van der Waals surface area contributed by atoms with Crippen LogP contribution in [0.2, 0.25) is 5.02 Å². The van der Waals surface area contributed by atoms with Gasteiger partial charge in [-0.1, -0.05) is 30.5 Å². The van der Waals surface area contributed by atoms with E-state index in [0.717, 1.165) is 31.4 Å². The first kappa shape index (κ1) is 18.8. The van der Waals surface area contributed by atoms with Crippen LogP contribution in [0.4, 0.5) is 0 Å². The predicted molar refractivity (Wildman–Crippen MR) is 98.8 cm³/mol. The molecule has 0 bridgehead atoms. The molecule has 130 valence electrons. The zero-order chi connectivity index (χ0) is 17.9. The summed E-state index contributed by atoms with van der Waals surface area (Å²) in [7, 11) is 0. The molecule has 0 saturated heterocycles. The largest absolute Gasteiger partial charge is 0.494 e. The van der Waals surface area contributed by atoms with Crippen LogP contribution < -0.4 is 4.74 Å². The highest BCUT2D eigenvalue weighted by Crippen LogP contribution is 2.16. The Bertz CT molecular complexity index is 698. The van der Waals surface area contributed by atoms with E-state index in [0.29, 0.717) is 23.9 Å². The molecule has 1 heterocycles. The summed E-state index contributed by atoms with van der Waals surface area (Å²) in [6.07, 6.45) is 7.49. The van der Waals surface area contributed by atoms with Gasteiger partial charge in [-0.05, 0) is 49.2 Å². The molecule has 25 heavy (non-hydrogen) atoms. The van der Waals surface area contributed by atoms with Gasteiger partial charge in [0, 0.05) is 17.8 Å². The van der Waals surface area contributed by atoms with Crippen molar-refractivity contribution in [3.63, 3.8) is 0 Å². The molecule has 2 rings (SSSR count). The van der Waals surface area contributed by atoms with Crippen molar-refractivity contribution in [3.8, 4) is 11.9 Å². The molecule has 1 N–H and O–H groups in total. The lowest BCUT2D eigenvalue weighted by molar-refractivity contribution is 0.304. The minimum atomic E-state index is 0.147. The first-order chi connectivity index (χ1) is 12.2. The third-order valence-electron chi connectivity index (χ3n) is 3.66. The zero-order valence-corrected chi connectivity index (χ0v) is 14.7.